The number of nitrogens with one attached hydrogen (secondary N) is 1. The van der Waals surface area contributed by atoms with Crippen LogP contribution >= 0.6 is 0 Å². The molecule has 0 unspecified atom stereocenters. The molecule has 0 aliphatic heterocycles. The summed E-state index contributed by atoms with van der Waals surface area (Å²) in [5.74, 6) is -0.00148. The highest BCUT2D eigenvalue weighted by molar-refractivity contribution is 5.77. The molecule has 0 saturated carbocycles. The molecular formula is C14H22N2O. The first kappa shape index (κ1) is 13.7. The van der Waals surface area contributed by atoms with Gasteiger partial charge in [-0.05, 0) is 38.8 Å². The van der Waals surface area contributed by atoms with E-state index in [1.807, 2.05) is 27.7 Å². The van der Waals surface area contributed by atoms with Crippen molar-refractivity contribution >= 4 is 5.91 Å². The highest BCUT2D eigenvalue weighted by Gasteiger charge is 2.15. The van der Waals surface area contributed by atoms with E-state index in [1.54, 1.807) is 0 Å². The van der Waals surface area contributed by atoms with Crippen molar-refractivity contribution in [2.24, 2.45) is 5.73 Å². The number of aryl methyl sites for hydroxylation is 2. The number of rotatable bonds is 4. The summed E-state index contributed by atoms with van der Waals surface area (Å²) in [4.78, 5) is 11.6. The highest BCUT2D eigenvalue weighted by atomic mass is 16.1. The Morgan fingerprint density at radius 3 is 2.59 bits per heavy atom. The Labute approximate surface area is 103 Å². The van der Waals surface area contributed by atoms with E-state index in [1.165, 1.54) is 11.1 Å². The first-order valence-corrected chi connectivity index (χ1v) is 5.90. The smallest absolute Gasteiger partial charge is 0.222 e. The van der Waals surface area contributed by atoms with Crippen LogP contribution in [0.4, 0.5) is 0 Å². The average molecular weight is 234 g/mol. The molecule has 0 aromatic heterocycles. The molecule has 3 N–H and O–H groups in total. The molecule has 1 aromatic rings. The molecule has 3 heteroatoms. The molecule has 94 valence electrons. The molecule has 0 fully saturated rings. The van der Waals surface area contributed by atoms with Crippen molar-refractivity contribution in [1.82, 2.24) is 5.32 Å². The molecule has 0 atom stereocenters. The molecule has 1 amide bonds. The van der Waals surface area contributed by atoms with E-state index < -0.39 is 5.54 Å². The summed E-state index contributed by atoms with van der Waals surface area (Å²) in [5.41, 5.74) is 8.91. The summed E-state index contributed by atoms with van der Waals surface area (Å²) in [6.45, 7) is 8.37. The maximum atomic E-state index is 11.6. The zero-order valence-electron chi connectivity index (χ0n) is 11.1. The van der Waals surface area contributed by atoms with Crippen molar-refractivity contribution in [3.63, 3.8) is 0 Å². The number of carbonyl (C=O) groups excluding carboxylic acids is 1. The minimum absolute atomic E-state index is 0.00148. The fraction of sp³-hybridized carbons (Fsp3) is 0.500. The standard InChI is InChI=1S/C14H22N2O/c1-10-5-6-11(2)12(7-10)9-16-13(17)8-14(3,4)15/h5-7H,8-9,15H2,1-4H3,(H,16,17). The molecule has 0 aliphatic rings. The summed E-state index contributed by atoms with van der Waals surface area (Å²) in [7, 11) is 0. The van der Waals surface area contributed by atoms with Crippen LogP contribution in [0.3, 0.4) is 0 Å². The highest BCUT2D eigenvalue weighted by Crippen LogP contribution is 2.10. The van der Waals surface area contributed by atoms with Crippen LogP contribution in [0.15, 0.2) is 18.2 Å². The third-order valence-electron chi connectivity index (χ3n) is 2.60. The van der Waals surface area contributed by atoms with E-state index >= 15 is 0 Å². The predicted octanol–water partition coefficient (Wildman–Crippen LogP) is 2.05. The lowest BCUT2D eigenvalue weighted by Crippen LogP contribution is -2.38. The average Bonchev–Trinajstić information content (AvgIpc) is 2.17. The summed E-state index contributed by atoms with van der Waals surface area (Å²) in [5, 5.41) is 2.90. The van der Waals surface area contributed by atoms with E-state index in [2.05, 4.69) is 23.5 Å². The van der Waals surface area contributed by atoms with E-state index in [-0.39, 0.29) is 5.91 Å². The lowest BCUT2D eigenvalue weighted by Gasteiger charge is -2.18. The van der Waals surface area contributed by atoms with E-state index in [4.69, 9.17) is 5.73 Å². The third kappa shape index (κ3) is 5.00. The predicted molar refractivity (Wildman–Crippen MR) is 70.6 cm³/mol. The van der Waals surface area contributed by atoms with Crippen molar-refractivity contribution in [3.05, 3.63) is 34.9 Å². The van der Waals surface area contributed by atoms with E-state index in [0.717, 1.165) is 5.56 Å². The van der Waals surface area contributed by atoms with Gasteiger partial charge in [0.05, 0.1) is 0 Å². The van der Waals surface area contributed by atoms with Crippen LogP contribution in [0.1, 0.15) is 37.0 Å². The van der Waals surface area contributed by atoms with Crippen molar-refractivity contribution < 1.29 is 4.79 Å². The summed E-state index contributed by atoms with van der Waals surface area (Å²) >= 11 is 0. The molecule has 0 radical (unpaired) electrons. The van der Waals surface area contributed by atoms with E-state index in [0.29, 0.717) is 13.0 Å². The number of hydrogen-bond donors (Lipinski definition) is 2. The van der Waals surface area contributed by atoms with Gasteiger partial charge in [0.1, 0.15) is 0 Å². The van der Waals surface area contributed by atoms with Crippen LogP contribution in [0, 0.1) is 13.8 Å². The van der Waals surface area contributed by atoms with Crippen LogP contribution in [0.2, 0.25) is 0 Å². The lowest BCUT2D eigenvalue weighted by atomic mass is 10.0. The molecular weight excluding hydrogens is 212 g/mol. The second kappa shape index (κ2) is 5.32. The van der Waals surface area contributed by atoms with Gasteiger partial charge in [0.25, 0.3) is 0 Å². The van der Waals surface area contributed by atoms with Crippen molar-refractivity contribution in [1.29, 1.82) is 0 Å². The quantitative estimate of drug-likeness (QED) is 0.837. The van der Waals surface area contributed by atoms with Crippen LogP contribution in [-0.4, -0.2) is 11.4 Å². The Kier molecular flexibility index (Phi) is 4.29. The number of benzene rings is 1. The maximum Gasteiger partial charge on any atom is 0.222 e. The van der Waals surface area contributed by atoms with Gasteiger partial charge in [-0.3, -0.25) is 4.79 Å². The number of amides is 1. The second-order valence-electron chi connectivity index (χ2n) is 5.37. The molecule has 0 spiro atoms. The van der Waals surface area contributed by atoms with Gasteiger partial charge in [0, 0.05) is 18.5 Å². The fourth-order valence-corrected chi connectivity index (χ4v) is 1.66. The Bertz CT molecular complexity index is 405. The monoisotopic (exact) mass is 234 g/mol. The van der Waals surface area contributed by atoms with Gasteiger partial charge in [-0.15, -0.1) is 0 Å². The summed E-state index contributed by atoms with van der Waals surface area (Å²) in [6.07, 6.45) is 0.345. The zero-order chi connectivity index (χ0) is 13.1. The minimum atomic E-state index is -0.453. The first-order chi connectivity index (χ1) is 7.78. The number of hydrogen-bond acceptors (Lipinski definition) is 2. The van der Waals surface area contributed by atoms with Gasteiger partial charge in [-0.1, -0.05) is 23.8 Å². The SMILES string of the molecule is Cc1ccc(C)c(CNC(=O)CC(C)(C)N)c1. The van der Waals surface area contributed by atoms with Gasteiger partial charge in [0.2, 0.25) is 5.91 Å². The molecule has 0 aliphatic carbocycles. The normalized spacial score (nSPS) is 11.4. The van der Waals surface area contributed by atoms with Crippen LogP contribution in [-0.2, 0) is 11.3 Å². The number of nitrogens with two attached hydrogens (primary N) is 1. The molecule has 1 rings (SSSR count). The zero-order valence-corrected chi connectivity index (χ0v) is 11.1. The second-order valence-corrected chi connectivity index (χ2v) is 5.37. The molecule has 17 heavy (non-hydrogen) atoms. The molecule has 3 nitrogen and oxygen atoms in total. The van der Waals surface area contributed by atoms with Gasteiger partial charge < -0.3 is 11.1 Å². The minimum Gasteiger partial charge on any atom is -0.352 e. The largest absolute Gasteiger partial charge is 0.352 e. The third-order valence-corrected chi connectivity index (χ3v) is 2.60. The summed E-state index contributed by atoms with van der Waals surface area (Å²) in [6, 6.07) is 6.25. The number of carbonyl (C=O) groups is 1. The molecule has 0 saturated heterocycles. The van der Waals surface area contributed by atoms with Gasteiger partial charge in [0.15, 0.2) is 0 Å². The Balaban J connectivity index is 2.56. The van der Waals surface area contributed by atoms with Crippen LogP contribution in [0.25, 0.3) is 0 Å². The van der Waals surface area contributed by atoms with E-state index in [9.17, 15) is 4.79 Å². The van der Waals surface area contributed by atoms with Gasteiger partial charge in [-0.25, -0.2) is 0 Å². The molecule has 1 aromatic carbocycles. The fourth-order valence-electron chi connectivity index (χ4n) is 1.66. The molecule has 0 heterocycles. The van der Waals surface area contributed by atoms with Crippen molar-refractivity contribution in [3.8, 4) is 0 Å². The first-order valence-electron chi connectivity index (χ1n) is 5.90. The Morgan fingerprint density at radius 2 is 2.00 bits per heavy atom. The van der Waals surface area contributed by atoms with Crippen molar-refractivity contribution in [2.75, 3.05) is 0 Å². The lowest BCUT2D eigenvalue weighted by molar-refractivity contribution is -0.122. The van der Waals surface area contributed by atoms with Gasteiger partial charge >= 0.3 is 0 Å². The van der Waals surface area contributed by atoms with Crippen molar-refractivity contribution in [2.45, 2.75) is 46.2 Å². The maximum absolute atomic E-state index is 11.6. The summed E-state index contributed by atoms with van der Waals surface area (Å²) < 4.78 is 0. The Hall–Kier alpha value is -1.35. The Morgan fingerprint density at radius 1 is 1.35 bits per heavy atom. The molecule has 0 bridgehead atoms. The van der Waals surface area contributed by atoms with Crippen LogP contribution < -0.4 is 11.1 Å². The van der Waals surface area contributed by atoms with Gasteiger partial charge in [-0.2, -0.15) is 0 Å². The van der Waals surface area contributed by atoms with Crippen LogP contribution in [0.5, 0.6) is 0 Å². The topological polar surface area (TPSA) is 55.1 Å².